The van der Waals surface area contributed by atoms with E-state index in [2.05, 4.69) is 28.6 Å². The van der Waals surface area contributed by atoms with Crippen LogP contribution in [-0.4, -0.2) is 14.8 Å². The molecule has 0 aliphatic carbocycles. The Morgan fingerprint density at radius 3 is 3.23 bits per heavy atom. The molecule has 0 aromatic carbocycles. The van der Waals surface area contributed by atoms with E-state index in [0.29, 0.717) is 0 Å². The van der Waals surface area contributed by atoms with E-state index in [9.17, 15) is 0 Å². The largest absolute Gasteiger partial charge is 0.318 e. The van der Waals surface area contributed by atoms with Crippen molar-refractivity contribution < 1.29 is 0 Å². The first kappa shape index (κ1) is 8.73. The summed E-state index contributed by atoms with van der Waals surface area (Å²) in [4.78, 5) is 0. The Hall–Kier alpha value is -0.860. The molecule has 0 bridgehead atoms. The Morgan fingerprint density at radius 1 is 1.62 bits per heavy atom. The first-order valence-corrected chi connectivity index (χ1v) is 5.12. The highest BCUT2D eigenvalue weighted by Gasteiger charge is 2.20. The Bertz CT molecular complexity index is 277. The predicted octanol–water partition coefficient (Wildman–Crippen LogP) is 1.89. The van der Waals surface area contributed by atoms with Crippen LogP contribution in [0.15, 0.2) is 6.33 Å². The van der Waals surface area contributed by atoms with E-state index in [0.717, 1.165) is 24.8 Å². The molecular formula is C10H17N3. The minimum Gasteiger partial charge on any atom is -0.318 e. The van der Waals surface area contributed by atoms with Gasteiger partial charge in [-0.05, 0) is 24.7 Å². The van der Waals surface area contributed by atoms with Crippen LogP contribution >= 0.6 is 0 Å². The molecule has 3 nitrogen and oxygen atoms in total. The molecule has 1 aliphatic heterocycles. The molecule has 0 saturated carbocycles. The smallest absolute Gasteiger partial charge is 0.133 e. The summed E-state index contributed by atoms with van der Waals surface area (Å²) in [6.07, 6.45) is 5.59. The molecule has 1 aliphatic rings. The van der Waals surface area contributed by atoms with Crippen molar-refractivity contribution >= 4 is 0 Å². The highest BCUT2D eigenvalue weighted by Crippen LogP contribution is 2.24. The second-order valence-corrected chi connectivity index (χ2v) is 4.43. The average Bonchev–Trinajstić information content (AvgIpc) is 2.49. The van der Waals surface area contributed by atoms with Crippen LogP contribution in [0.5, 0.6) is 0 Å². The lowest BCUT2D eigenvalue weighted by molar-refractivity contribution is 0.324. The van der Waals surface area contributed by atoms with Gasteiger partial charge in [-0.25, -0.2) is 0 Å². The third-order valence-electron chi connectivity index (χ3n) is 2.75. The Labute approximate surface area is 79.2 Å². The predicted molar refractivity (Wildman–Crippen MR) is 51.3 cm³/mol. The Kier molecular flexibility index (Phi) is 2.34. The van der Waals surface area contributed by atoms with Gasteiger partial charge in [-0.2, -0.15) is 0 Å². The van der Waals surface area contributed by atoms with E-state index >= 15 is 0 Å². The molecule has 1 aromatic rings. The SMILES string of the molecule is CC(C)CC1CCn2cnnc2C1. The van der Waals surface area contributed by atoms with Crippen LogP contribution in [0.4, 0.5) is 0 Å². The summed E-state index contributed by atoms with van der Waals surface area (Å²) in [5, 5.41) is 8.06. The van der Waals surface area contributed by atoms with Gasteiger partial charge in [-0.1, -0.05) is 13.8 Å². The van der Waals surface area contributed by atoms with Gasteiger partial charge in [0.25, 0.3) is 0 Å². The first-order chi connectivity index (χ1) is 6.25. The maximum absolute atomic E-state index is 4.13. The van der Waals surface area contributed by atoms with Crippen LogP contribution in [-0.2, 0) is 13.0 Å². The van der Waals surface area contributed by atoms with Gasteiger partial charge in [0, 0.05) is 13.0 Å². The Balaban J connectivity index is 2.00. The van der Waals surface area contributed by atoms with Gasteiger partial charge in [0.15, 0.2) is 0 Å². The van der Waals surface area contributed by atoms with Gasteiger partial charge >= 0.3 is 0 Å². The van der Waals surface area contributed by atoms with Crippen LogP contribution < -0.4 is 0 Å². The third kappa shape index (κ3) is 1.90. The zero-order valence-electron chi connectivity index (χ0n) is 8.40. The van der Waals surface area contributed by atoms with E-state index < -0.39 is 0 Å². The molecule has 0 spiro atoms. The van der Waals surface area contributed by atoms with Crippen molar-refractivity contribution in [1.82, 2.24) is 14.8 Å². The van der Waals surface area contributed by atoms with Gasteiger partial charge in [0.05, 0.1) is 0 Å². The maximum atomic E-state index is 4.13. The average molecular weight is 179 g/mol. The molecule has 0 fully saturated rings. The lowest BCUT2D eigenvalue weighted by Gasteiger charge is -2.23. The molecular weight excluding hydrogens is 162 g/mol. The fraction of sp³-hybridized carbons (Fsp3) is 0.800. The van der Waals surface area contributed by atoms with Crippen molar-refractivity contribution in [3.8, 4) is 0 Å². The van der Waals surface area contributed by atoms with E-state index in [1.54, 1.807) is 0 Å². The lowest BCUT2D eigenvalue weighted by Crippen LogP contribution is -2.20. The molecule has 0 amide bonds. The van der Waals surface area contributed by atoms with E-state index in [-0.39, 0.29) is 0 Å². The topological polar surface area (TPSA) is 30.7 Å². The monoisotopic (exact) mass is 179 g/mol. The van der Waals surface area contributed by atoms with Gasteiger partial charge in [-0.15, -0.1) is 10.2 Å². The quantitative estimate of drug-likeness (QED) is 0.694. The molecule has 3 heteroatoms. The van der Waals surface area contributed by atoms with Gasteiger partial charge in [0.1, 0.15) is 12.2 Å². The highest BCUT2D eigenvalue weighted by atomic mass is 15.3. The second-order valence-electron chi connectivity index (χ2n) is 4.43. The van der Waals surface area contributed by atoms with Crippen molar-refractivity contribution in [3.63, 3.8) is 0 Å². The van der Waals surface area contributed by atoms with Gasteiger partial charge in [-0.3, -0.25) is 0 Å². The Morgan fingerprint density at radius 2 is 2.46 bits per heavy atom. The van der Waals surface area contributed by atoms with Crippen LogP contribution in [0, 0.1) is 11.8 Å². The molecule has 1 aromatic heterocycles. The van der Waals surface area contributed by atoms with Crippen molar-refractivity contribution in [2.45, 2.75) is 39.7 Å². The molecule has 72 valence electrons. The fourth-order valence-electron chi connectivity index (χ4n) is 2.17. The van der Waals surface area contributed by atoms with E-state index in [1.807, 2.05) is 6.33 Å². The highest BCUT2D eigenvalue weighted by molar-refractivity contribution is 4.92. The summed E-state index contributed by atoms with van der Waals surface area (Å²) in [6.45, 7) is 5.69. The molecule has 0 N–H and O–H groups in total. The summed E-state index contributed by atoms with van der Waals surface area (Å²) in [6, 6.07) is 0. The minimum atomic E-state index is 0.805. The maximum Gasteiger partial charge on any atom is 0.133 e. The summed E-state index contributed by atoms with van der Waals surface area (Å²) in [5.41, 5.74) is 0. The van der Waals surface area contributed by atoms with Crippen molar-refractivity contribution in [2.24, 2.45) is 11.8 Å². The summed E-state index contributed by atoms with van der Waals surface area (Å²) >= 11 is 0. The lowest BCUT2D eigenvalue weighted by atomic mass is 9.89. The number of hydrogen-bond acceptors (Lipinski definition) is 2. The van der Waals surface area contributed by atoms with Crippen molar-refractivity contribution in [1.29, 1.82) is 0 Å². The summed E-state index contributed by atoms with van der Waals surface area (Å²) < 4.78 is 2.18. The number of rotatable bonds is 2. The molecule has 2 heterocycles. The van der Waals surface area contributed by atoms with Gasteiger partial charge in [0.2, 0.25) is 0 Å². The number of nitrogens with zero attached hydrogens (tertiary/aromatic N) is 3. The van der Waals surface area contributed by atoms with Crippen LogP contribution in [0.2, 0.25) is 0 Å². The third-order valence-corrected chi connectivity index (χ3v) is 2.75. The van der Waals surface area contributed by atoms with Gasteiger partial charge < -0.3 is 4.57 Å². The molecule has 13 heavy (non-hydrogen) atoms. The molecule has 1 unspecified atom stereocenters. The van der Waals surface area contributed by atoms with Crippen molar-refractivity contribution in [2.75, 3.05) is 0 Å². The fourth-order valence-corrected chi connectivity index (χ4v) is 2.17. The molecule has 0 saturated heterocycles. The molecule has 1 atom stereocenters. The number of fused-ring (bicyclic) bond motifs is 1. The number of aromatic nitrogens is 3. The minimum absolute atomic E-state index is 0.805. The normalized spacial score (nSPS) is 21.9. The van der Waals surface area contributed by atoms with E-state index in [1.165, 1.54) is 18.7 Å². The van der Waals surface area contributed by atoms with Crippen LogP contribution in [0.25, 0.3) is 0 Å². The molecule has 2 rings (SSSR count). The summed E-state index contributed by atoms with van der Waals surface area (Å²) in [5.74, 6) is 2.81. The summed E-state index contributed by atoms with van der Waals surface area (Å²) in [7, 11) is 0. The van der Waals surface area contributed by atoms with Crippen LogP contribution in [0.3, 0.4) is 0 Å². The second kappa shape index (κ2) is 3.48. The zero-order chi connectivity index (χ0) is 9.26. The van der Waals surface area contributed by atoms with Crippen LogP contribution in [0.1, 0.15) is 32.5 Å². The zero-order valence-corrected chi connectivity index (χ0v) is 8.40. The molecule has 0 radical (unpaired) electrons. The first-order valence-electron chi connectivity index (χ1n) is 5.12. The van der Waals surface area contributed by atoms with Crippen molar-refractivity contribution in [3.05, 3.63) is 12.2 Å². The number of aryl methyl sites for hydroxylation is 1. The van der Waals surface area contributed by atoms with E-state index in [4.69, 9.17) is 0 Å². The number of hydrogen-bond donors (Lipinski definition) is 0. The standard InChI is InChI=1S/C10H17N3/c1-8(2)5-9-3-4-13-7-11-12-10(13)6-9/h7-9H,3-6H2,1-2H3.